The van der Waals surface area contributed by atoms with Crippen molar-refractivity contribution in [2.75, 3.05) is 32.6 Å². The lowest BCUT2D eigenvalue weighted by atomic mass is 10.5. The molecule has 0 aromatic heterocycles. The van der Waals surface area contributed by atoms with Gasteiger partial charge in [0.05, 0.1) is 5.04 Å². The van der Waals surface area contributed by atoms with Crippen molar-refractivity contribution >= 4 is 32.5 Å². The van der Waals surface area contributed by atoms with Crippen molar-refractivity contribution in [3.05, 3.63) is 12.7 Å². The van der Waals surface area contributed by atoms with Gasteiger partial charge in [-0.1, -0.05) is 52.0 Å². The van der Waals surface area contributed by atoms with Gasteiger partial charge in [0.25, 0.3) is 0 Å². The Kier molecular flexibility index (Phi) is 29.8. The molecule has 0 aliphatic rings. The Labute approximate surface area is 139 Å². The van der Waals surface area contributed by atoms with Gasteiger partial charge in [-0.3, -0.25) is 9.79 Å². The Morgan fingerprint density at radius 2 is 1.95 bits per heavy atom. The number of carbonyl (C=O) groups is 1. The molecule has 0 radical (unpaired) electrons. The molecule has 1 N–H and O–H groups in total. The van der Waals surface area contributed by atoms with Gasteiger partial charge in [-0.15, -0.1) is 0 Å². The molecule has 0 spiro atoms. The van der Waals surface area contributed by atoms with Crippen LogP contribution in [-0.2, 0) is 9.53 Å². The predicted octanol–water partition coefficient (Wildman–Crippen LogP) is 4.18. The molecule has 4 nitrogen and oxygen atoms in total. The molecule has 6 heteroatoms. The molecule has 0 aliphatic heterocycles. The quantitative estimate of drug-likeness (QED) is 0.297. The van der Waals surface area contributed by atoms with Crippen LogP contribution in [0.1, 0.15) is 41.0 Å². The second-order valence-corrected chi connectivity index (χ2v) is 5.51. The molecule has 21 heavy (non-hydrogen) atoms. The summed E-state index contributed by atoms with van der Waals surface area (Å²) in [5.74, 6) is 0.772. The normalized spacial score (nSPS) is 9.71. The molecule has 0 saturated carbocycles. The first-order valence-corrected chi connectivity index (χ1v) is 9.79. The van der Waals surface area contributed by atoms with Gasteiger partial charge >= 0.3 is 0 Å². The third-order valence-corrected chi connectivity index (χ3v) is 4.00. The van der Waals surface area contributed by atoms with Crippen molar-refractivity contribution in [2.24, 2.45) is 4.99 Å². The molecule has 0 saturated heterocycles. The van der Waals surface area contributed by atoms with E-state index in [1.165, 1.54) is 0 Å². The van der Waals surface area contributed by atoms with Gasteiger partial charge in [-0.05, 0) is 23.3 Å². The van der Waals surface area contributed by atoms with Crippen molar-refractivity contribution in [2.45, 2.75) is 41.0 Å². The number of hydrogen-bond donors (Lipinski definition) is 1. The summed E-state index contributed by atoms with van der Waals surface area (Å²) < 4.78 is 5.12. The summed E-state index contributed by atoms with van der Waals surface area (Å²) in [7, 11) is 4.93. The van der Waals surface area contributed by atoms with Crippen LogP contribution in [0.2, 0.25) is 0 Å². The molecule has 0 aromatic rings. The van der Waals surface area contributed by atoms with Crippen molar-refractivity contribution in [3.63, 3.8) is 0 Å². The summed E-state index contributed by atoms with van der Waals surface area (Å²) in [6.07, 6.45) is 2.65. The van der Waals surface area contributed by atoms with Crippen LogP contribution in [-0.4, -0.2) is 43.5 Å². The predicted molar refractivity (Wildman–Crippen MR) is 100 cm³/mol. The SMILES string of the molecule is C=CC(=NC)SSCCNC(=O)COCCC.CC.CC. The van der Waals surface area contributed by atoms with Gasteiger partial charge in [-0.25, -0.2) is 0 Å². The number of nitrogens with zero attached hydrogens (tertiary/aromatic N) is 1. The molecule has 0 bridgehead atoms. The minimum atomic E-state index is -0.0582. The first kappa shape index (κ1) is 25.5. The van der Waals surface area contributed by atoms with Crippen molar-refractivity contribution in [1.29, 1.82) is 0 Å². The zero-order valence-corrected chi connectivity index (χ0v) is 16.0. The van der Waals surface area contributed by atoms with Gasteiger partial charge in [0, 0.05) is 26.0 Å². The monoisotopic (exact) mass is 336 g/mol. The Balaban J connectivity index is -0.000000739. The van der Waals surface area contributed by atoms with Crippen molar-refractivity contribution in [1.82, 2.24) is 5.32 Å². The average molecular weight is 337 g/mol. The van der Waals surface area contributed by atoms with Crippen LogP contribution in [0.15, 0.2) is 17.6 Å². The van der Waals surface area contributed by atoms with Gasteiger partial charge in [-0.2, -0.15) is 0 Å². The van der Waals surface area contributed by atoms with Crippen LogP contribution < -0.4 is 5.32 Å². The summed E-state index contributed by atoms with van der Waals surface area (Å²) in [5, 5.41) is 3.68. The summed E-state index contributed by atoms with van der Waals surface area (Å²) in [6, 6.07) is 0. The fourth-order valence-electron chi connectivity index (χ4n) is 0.857. The number of carbonyl (C=O) groups excluding carboxylic acids is 1. The van der Waals surface area contributed by atoms with Crippen molar-refractivity contribution < 1.29 is 9.53 Å². The average Bonchev–Trinajstić information content (AvgIpc) is 2.55. The lowest BCUT2D eigenvalue weighted by Crippen LogP contribution is -2.29. The van der Waals surface area contributed by atoms with E-state index in [1.807, 2.05) is 34.6 Å². The van der Waals surface area contributed by atoms with E-state index >= 15 is 0 Å². The first-order chi connectivity index (χ1) is 10.2. The summed E-state index contributed by atoms with van der Waals surface area (Å²) in [4.78, 5) is 15.3. The third-order valence-electron chi connectivity index (χ3n) is 1.63. The maximum Gasteiger partial charge on any atom is 0.246 e. The fourth-order valence-corrected chi connectivity index (χ4v) is 2.68. The molecule has 0 aliphatic carbocycles. The number of aliphatic imine (C=N–C) groups is 1. The van der Waals surface area contributed by atoms with E-state index < -0.39 is 0 Å². The standard InChI is InChI=1S/C11H20N2O2S2.2C2H6/c1-4-7-15-9-10(14)13-6-8-16-17-11(5-2)12-3;2*1-2/h5H,2,4,6-9H2,1,3H3,(H,13,14);2*1-2H3. The van der Waals surface area contributed by atoms with E-state index in [0.717, 1.165) is 17.2 Å². The minimum Gasteiger partial charge on any atom is -0.372 e. The summed E-state index contributed by atoms with van der Waals surface area (Å²) in [5.41, 5.74) is 0. The van der Waals surface area contributed by atoms with Crippen LogP contribution in [0, 0.1) is 0 Å². The molecule has 0 unspecified atom stereocenters. The van der Waals surface area contributed by atoms with E-state index in [-0.39, 0.29) is 12.5 Å². The zero-order valence-electron chi connectivity index (χ0n) is 14.4. The maximum absolute atomic E-state index is 11.2. The van der Waals surface area contributed by atoms with Crippen LogP contribution in [0.4, 0.5) is 0 Å². The Bertz CT molecular complexity index is 260. The maximum atomic E-state index is 11.2. The fraction of sp³-hybridized carbons (Fsp3) is 0.733. The third kappa shape index (κ3) is 22.0. The molecule has 0 aromatic carbocycles. The largest absolute Gasteiger partial charge is 0.372 e. The number of nitrogens with one attached hydrogen (secondary N) is 1. The number of rotatable bonds is 9. The summed E-state index contributed by atoms with van der Waals surface area (Å²) in [6.45, 7) is 15.1. The van der Waals surface area contributed by atoms with Crippen LogP contribution >= 0.6 is 21.6 Å². The van der Waals surface area contributed by atoms with E-state index in [9.17, 15) is 4.79 Å². The zero-order chi connectivity index (χ0) is 16.9. The van der Waals surface area contributed by atoms with Crippen LogP contribution in [0.3, 0.4) is 0 Å². The number of ether oxygens (including phenoxy) is 1. The van der Waals surface area contributed by atoms with E-state index in [0.29, 0.717) is 13.2 Å². The van der Waals surface area contributed by atoms with Crippen molar-refractivity contribution in [3.8, 4) is 0 Å². The highest BCUT2D eigenvalue weighted by Gasteiger charge is 2.00. The highest BCUT2D eigenvalue weighted by atomic mass is 33.1. The lowest BCUT2D eigenvalue weighted by Gasteiger charge is -2.05. The van der Waals surface area contributed by atoms with E-state index in [2.05, 4.69) is 16.9 Å². The van der Waals surface area contributed by atoms with E-state index in [1.54, 1.807) is 34.7 Å². The lowest BCUT2D eigenvalue weighted by molar-refractivity contribution is -0.125. The molecule has 1 amide bonds. The number of amides is 1. The molecule has 0 fully saturated rings. The highest BCUT2D eigenvalue weighted by Crippen LogP contribution is 2.22. The van der Waals surface area contributed by atoms with Gasteiger partial charge < -0.3 is 10.1 Å². The second-order valence-electron chi connectivity index (χ2n) is 3.07. The molecule has 126 valence electrons. The van der Waals surface area contributed by atoms with Gasteiger partial charge in [0.1, 0.15) is 6.61 Å². The molecule has 0 rings (SSSR count). The van der Waals surface area contributed by atoms with Crippen LogP contribution in [0.5, 0.6) is 0 Å². The minimum absolute atomic E-state index is 0.0582. The molecular weight excluding hydrogens is 304 g/mol. The smallest absolute Gasteiger partial charge is 0.246 e. The van der Waals surface area contributed by atoms with Gasteiger partial charge in [0.15, 0.2) is 0 Å². The number of hydrogen-bond acceptors (Lipinski definition) is 5. The highest BCUT2D eigenvalue weighted by molar-refractivity contribution is 8.82. The first-order valence-electron chi connectivity index (χ1n) is 7.47. The molecular formula is C15H32N2O2S2. The Morgan fingerprint density at radius 1 is 1.33 bits per heavy atom. The Morgan fingerprint density at radius 3 is 2.43 bits per heavy atom. The van der Waals surface area contributed by atoms with E-state index in [4.69, 9.17) is 4.74 Å². The summed E-state index contributed by atoms with van der Waals surface area (Å²) >= 11 is 0. The molecule has 0 heterocycles. The topological polar surface area (TPSA) is 50.7 Å². The molecule has 0 atom stereocenters. The second kappa shape index (κ2) is 24.6. The Hall–Kier alpha value is -0.460. The van der Waals surface area contributed by atoms with Crippen LogP contribution in [0.25, 0.3) is 0 Å². The van der Waals surface area contributed by atoms with Gasteiger partial charge in [0.2, 0.25) is 5.91 Å².